The van der Waals surface area contributed by atoms with Crippen molar-refractivity contribution in [3.63, 3.8) is 0 Å². The third-order valence-corrected chi connectivity index (χ3v) is 4.46. The molecule has 0 spiro atoms. The predicted molar refractivity (Wildman–Crippen MR) is 71.0 cm³/mol. The largest absolute Gasteiger partial charge is 0.459 e. The molecule has 1 amide bonds. The van der Waals surface area contributed by atoms with Gasteiger partial charge in [-0.25, -0.2) is 0 Å². The summed E-state index contributed by atoms with van der Waals surface area (Å²) in [5.74, 6) is 0.419. The second-order valence-corrected chi connectivity index (χ2v) is 5.63. The highest BCUT2D eigenvalue weighted by molar-refractivity contribution is 7.10. The molecule has 94 valence electrons. The molecule has 18 heavy (non-hydrogen) atoms. The van der Waals surface area contributed by atoms with Gasteiger partial charge in [0.2, 0.25) is 0 Å². The van der Waals surface area contributed by atoms with Gasteiger partial charge >= 0.3 is 0 Å². The second-order valence-electron chi connectivity index (χ2n) is 4.63. The Labute approximate surface area is 110 Å². The van der Waals surface area contributed by atoms with Crippen LogP contribution in [-0.2, 0) is 19.4 Å². The Balaban J connectivity index is 1.70. The molecule has 4 heteroatoms. The molecule has 0 atom stereocenters. The van der Waals surface area contributed by atoms with E-state index in [1.54, 1.807) is 17.6 Å². The zero-order chi connectivity index (χ0) is 12.5. The number of nitrogens with one attached hydrogen (secondary N) is 1. The van der Waals surface area contributed by atoms with Gasteiger partial charge in [-0.15, -0.1) is 11.3 Å². The first-order valence-electron chi connectivity index (χ1n) is 6.16. The SMILES string of the molecule is Cc1ccsc1CNC(=O)c1occ2c1CCC2. The number of hydrogen-bond donors (Lipinski definition) is 1. The van der Waals surface area contributed by atoms with Gasteiger partial charge in [0.05, 0.1) is 12.8 Å². The molecule has 1 aliphatic rings. The van der Waals surface area contributed by atoms with Crippen LogP contribution in [0.15, 0.2) is 22.1 Å². The van der Waals surface area contributed by atoms with Gasteiger partial charge in [-0.2, -0.15) is 0 Å². The van der Waals surface area contributed by atoms with Crippen LogP contribution in [0.3, 0.4) is 0 Å². The fourth-order valence-electron chi connectivity index (χ4n) is 2.37. The number of fused-ring (bicyclic) bond motifs is 1. The van der Waals surface area contributed by atoms with Crippen molar-refractivity contribution in [1.82, 2.24) is 5.32 Å². The first-order valence-corrected chi connectivity index (χ1v) is 7.04. The number of carbonyl (C=O) groups excluding carboxylic acids is 1. The molecule has 0 aliphatic heterocycles. The van der Waals surface area contributed by atoms with Crippen LogP contribution in [0.1, 0.15) is 38.5 Å². The highest BCUT2D eigenvalue weighted by Crippen LogP contribution is 2.27. The molecule has 0 fully saturated rings. The Bertz CT molecular complexity index is 582. The molecule has 2 heterocycles. The summed E-state index contributed by atoms with van der Waals surface area (Å²) in [6.07, 6.45) is 4.86. The number of furan rings is 1. The Morgan fingerprint density at radius 2 is 2.39 bits per heavy atom. The van der Waals surface area contributed by atoms with Crippen LogP contribution in [0.4, 0.5) is 0 Å². The molecule has 0 unspecified atom stereocenters. The van der Waals surface area contributed by atoms with E-state index in [1.165, 1.54) is 16.0 Å². The molecule has 0 saturated carbocycles. The fraction of sp³-hybridized carbons (Fsp3) is 0.357. The molecule has 2 aromatic rings. The van der Waals surface area contributed by atoms with Crippen LogP contribution in [-0.4, -0.2) is 5.91 Å². The summed E-state index contributed by atoms with van der Waals surface area (Å²) in [6, 6.07) is 2.07. The highest BCUT2D eigenvalue weighted by atomic mass is 32.1. The summed E-state index contributed by atoms with van der Waals surface area (Å²) >= 11 is 1.67. The van der Waals surface area contributed by atoms with Crippen LogP contribution in [0.25, 0.3) is 0 Å². The third kappa shape index (κ3) is 1.97. The number of hydrogen-bond acceptors (Lipinski definition) is 3. The number of thiophene rings is 1. The number of rotatable bonds is 3. The summed E-state index contributed by atoms with van der Waals surface area (Å²) < 4.78 is 5.39. The lowest BCUT2D eigenvalue weighted by molar-refractivity contribution is 0.0922. The van der Waals surface area contributed by atoms with Gasteiger partial charge in [0.25, 0.3) is 5.91 Å². The summed E-state index contributed by atoms with van der Waals surface area (Å²) in [6.45, 7) is 2.64. The first kappa shape index (κ1) is 11.5. The van der Waals surface area contributed by atoms with Crippen molar-refractivity contribution in [3.8, 4) is 0 Å². The summed E-state index contributed by atoms with van der Waals surface area (Å²) in [7, 11) is 0. The molecule has 3 rings (SSSR count). The molecule has 2 aromatic heterocycles. The zero-order valence-electron chi connectivity index (χ0n) is 10.3. The summed E-state index contributed by atoms with van der Waals surface area (Å²) in [5, 5.41) is 4.98. The van der Waals surface area contributed by atoms with Crippen molar-refractivity contribution in [2.24, 2.45) is 0 Å². The average Bonchev–Trinajstić information content (AvgIpc) is 3.01. The third-order valence-electron chi connectivity index (χ3n) is 3.44. The van der Waals surface area contributed by atoms with Crippen LogP contribution in [0.2, 0.25) is 0 Å². The van der Waals surface area contributed by atoms with E-state index in [9.17, 15) is 4.79 Å². The lowest BCUT2D eigenvalue weighted by Gasteiger charge is -2.03. The summed E-state index contributed by atoms with van der Waals surface area (Å²) in [5.41, 5.74) is 3.54. The topological polar surface area (TPSA) is 42.2 Å². The molecule has 1 N–H and O–H groups in total. The zero-order valence-corrected chi connectivity index (χ0v) is 11.1. The van der Waals surface area contributed by atoms with E-state index in [2.05, 4.69) is 18.3 Å². The monoisotopic (exact) mass is 261 g/mol. The number of aryl methyl sites for hydroxylation is 2. The Kier molecular flexibility index (Phi) is 2.96. The van der Waals surface area contributed by atoms with Gasteiger partial charge in [0.1, 0.15) is 0 Å². The first-order chi connectivity index (χ1) is 8.75. The number of amides is 1. The van der Waals surface area contributed by atoms with E-state index in [-0.39, 0.29) is 5.91 Å². The maximum absolute atomic E-state index is 12.1. The van der Waals surface area contributed by atoms with Gasteiger partial charge in [0, 0.05) is 10.4 Å². The quantitative estimate of drug-likeness (QED) is 0.922. The average molecular weight is 261 g/mol. The van der Waals surface area contributed by atoms with Crippen molar-refractivity contribution in [1.29, 1.82) is 0 Å². The molecular formula is C14H15NO2S. The Hall–Kier alpha value is -1.55. The van der Waals surface area contributed by atoms with Gasteiger partial charge < -0.3 is 9.73 Å². The van der Waals surface area contributed by atoms with Crippen LogP contribution in [0.5, 0.6) is 0 Å². The predicted octanol–water partition coefficient (Wildman–Crippen LogP) is 3.07. The van der Waals surface area contributed by atoms with E-state index in [0.717, 1.165) is 24.8 Å². The van der Waals surface area contributed by atoms with Crippen molar-refractivity contribution < 1.29 is 9.21 Å². The smallest absolute Gasteiger partial charge is 0.287 e. The van der Waals surface area contributed by atoms with Crippen LogP contribution < -0.4 is 5.32 Å². The van der Waals surface area contributed by atoms with Crippen LogP contribution in [0, 0.1) is 6.92 Å². The Morgan fingerprint density at radius 3 is 3.17 bits per heavy atom. The second kappa shape index (κ2) is 4.61. The van der Waals surface area contributed by atoms with Crippen molar-refractivity contribution in [2.45, 2.75) is 32.7 Å². The molecular weight excluding hydrogens is 246 g/mol. The van der Waals surface area contributed by atoms with Crippen molar-refractivity contribution in [2.75, 3.05) is 0 Å². The summed E-state index contributed by atoms with van der Waals surface area (Å²) in [4.78, 5) is 13.3. The van der Waals surface area contributed by atoms with E-state index >= 15 is 0 Å². The Morgan fingerprint density at radius 1 is 1.50 bits per heavy atom. The lowest BCUT2D eigenvalue weighted by Crippen LogP contribution is -2.23. The maximum atomic E-state index is 12.1. The fourth-order valence-corrected chi connectivity index (χ4v) is 3.22. The number of carbonyl (C=O) groups is 1. The minimum Gasteiger partial charge on any atom is -0.459 e. The lowest BCUT2D eigenvalue weighted by atomic mass is 10.2. The van der Waals surface area contributed by atoms with E-state index < -0.39 is 0 Å². The van der Waals surface area contributed by atoms with Gasteiger partial charge in [0.15, 0.2) is 5.76 Å². The molecule has 3 nitrogen and oxygen atoms in total. The standard InChI is InChI=1S/C14H15NO2S/c1-9-5-6-18-12(9)7-15-14(16)13-11-4-2-3-10(11)8-17-13/h5-6,8H,2-4,7H2,1H3,(H,15,16). The molecule has 1 aliphatic carbocycles. The van der Waals surface area contributed by atoms with E-state index in [4.69, 9.17) is 4.42 Å². The van der Waals surface area contributed by atoms with Crippen LogP contribution >= 0.6 is 11.3 Å². The van der Waals surface area contributed by atoms with Gasteiger partial charge in [-0.1, -0.05) is 0 Å². The van der Waals surface area contributed by atoms with E-state index in [1.807, 2.05) is 5.38 Å². The van der Waals surface area contributed by atoms with E-state index in [0.29, 0.717) is 12.3 Å². The molecule has 0 bridgehead atoms. The van der Waals surface area contributed by atoms with Gasteiger partial charge in [-0.05, 0) is 48.8 Å². The molecule has 0 saturated heterocycles. The van der Waals surface area contributed by atoms with Crippen molar-refractivity contribution in [3.05, 3.63) is 45.0 Å². The minimum absolute atomic E-state index is 0.0917. The van der Waals surface area contributed by atoms with Crippen molar-refractivity contribution >= 4 is 17.2 Å². The van der Waals surface area contributed by atoms with Gasteiger partial charge in [-0.3, -0.25) is 4.79 Å². The maximum Gasteiger partial charge on any atom is 0.287 e. The normalized spacial score (nSPS) is 13.6. The molecule has 0 radical (unpaired) electrons. The molecule has 0 aromatic carbocycles. The minimum atomic E-state index is -0.0917. The highest BCUT2D eigenvalue weighted by Gasteiger charge is 2.23.